The number of hydrogen-bond acceptors (Lipinski definition) is 3. The number of piperidine rings is 1. The van der Waals surface area contributed by atoms with Gasteiger partial charge in [-0.25, -0.2) is 0 Å². The Morgan fingerprint density at radius 2 is 1.88 bits per heavy atom. The van der Waals surface area contributed by atoms with Crippen molar-refractivity contribution < 1.29 is 8.42 Å². The Hall–Kier alpha value is -0.640. The lowest BCUT2D eigenvalue weighted by atomic mass is 10.0. The van der Waals surface area contributed by atoms with E-state index in [0.717, 1.165) is 0 Å². The van der Waals surface area contributed by atoms with Crippen molar-refractivity contribution in [3.63, 3.8) is 0 Å². The highest BCUT2D eigenvalue weighted by Crippen LogP contribution is 2.20. The van der Waals surface area contributed by atoms with Crippen LogP contribution in [0.25, 0.3) is 0 Å². The summed E-state index contributed by atoms with van der Waals surface area (Å²) in [6, 6.07) is 2.15. The van der Waals surface area contributed by atoms with Crippen LogP contribution in [0.3, 0.4) is 0 Å². The summed E-state index contributed by atoms with van der Waals surface area (Å²) < 4.78 is 27.0. The predicted octanol–water partition coefficient (Wildman–Crippen LogP) is 0.807. The molecule has 0 amide bonds. The van der Waals surface area contributed by atoms with Crippen LogP contribution in [-0.2, 0) is 10.2 Å². The smallest absolute Gasteiger partial charge is 0.198 e. The number of rotatable bonds is 3. The van der Waals surface area contributed by atoms with Crippen LogP contribution in [0.4, 0.5) is 0 Å². The van der Waals surface area contributed by atoms with E-state index in [-0.39, 0.29) is 12.0 Å². The number of nitrogens with zero attached hydrogens (tertiary/aromatic N) is 3. The van der Waals surface area contributed by atoms with Crippen LogP contribution >= 0.6 is 0 Å². The highest BCUT2D eigenvalue weighted by atomic mass is 32.2. The van der Waals surface area contributed by atoms with E-state index in [2.05, 4.69) is 6.07 Å². The van der Waals surface area contributed by atoms with Crippen molar-refractivity contribution in [3.05, 3.63) is 0 Å². The predicted molar refractivity (Wildman–Crippen MR) is 61.7 cm³/mol. The Morgan fingerprint density at radius 3 is 2.25 bits per heavy atom. The van der Waals surface area contributed by atoms with Gasteiger partial charge < -0.3 is 0 Å². The minimum atomic E-state index is -3.34. The molecule has 0 atom stereocenters. The van der Waals surface area contributed by atoms with Crippen LogP contribution in [-0.4, -0.2) is 43.2 Å². The van der Waals surface area contributed by atoms with Crippen molar-refractivity contribution >= 4 is 10.2 Å². The highest BCUT2D eigenvalue weighted by molar-refractivity contribution is 7.86. The van der Waals surface area contributed by atoms with Gasteiger partial charge in [0.15, 0.2) is 0 Å². The Balaban J connectivity index is 2.70. The molecule has 0 aromatic rings. The van der Waals surface area contributed by atoms with Gasteiger partial charge in [0.2, 0.25) is 0 Å². The fraction of sp³-hybridized carbons (Fsp3) is 0.900. The van der Waals surface area contributed by atoms with Crippen molar-refractivity contribution in [2.75, 3.05) is 20.1 Å². The second kappa shape index (κ2) is 5.13. The molecule has 6 heteroatoms. The molecule has 16 heavy (non-hydrogen) atoms. The second-order valence-corrected chi connectivity index (χ2v) is 6.41. The lowest BCUT2D eigenvalue weighted by Crippen LogP contribution is -2.47. The molecule has 0 spiro atoms. The van der Waals surface area contributed by atoms with Crippen LogP contribution in [0.2, 0.25) is 0 Å². The van der Waals surface area contributed by atoms with E-state index in [9.17, 15) is 8.42 Å². The zero-order valence-electron chi connectivity index (χ0n) is 10.0. The van der Waals surface area contributed by atoms with Gasteiger partial charge in [0.25, 0.3) is 10.2 Å². The van der Waals surface area contributed by atoms with E-state index in [0.29, 0.717) is 25.9 Å². The second-order valence-electron chi connectivity index (χ2n) is 4.42. The molecule has 1 aliphatic heterocycles. The third kappa shape index (κ3) is 2.73. The Labute approximate surface area is 97.8 Å². The number of nitriles is 1. The van der Waals surface area contributed by atoms with Crippen LogP contribution in [0.5, 0.6) is 0 Å². The van der Waals surface area contributed by atoms with Gasteiger partial charge in [-0.2, -0.15) is 22.3 Å². The molecule has 0 aromatic carbocycles. The van der Waals surface area contributed by atoms with Crippen LogP contribution in [0, 0.1) is 17.2 Å². The maximum atomic E-state index is 12.1. The highest BCUT2D eigenvalue weighted by Gasteiger charge is 2.31. The molecule has 1 fully saturated rings. The minimum Gasteiger partial charge on any atom is -0.198 e. The van der Waals surface area contributed by atoms with Crippen LogP contribution in [0.15, 0.2) is 0 Å². The standard InChI is InChI=1S/C10H19N3O2S/c1-9(2)12(3)16(14,15)13-6-4-10(8-11)5-7-13/h9-10H,4-7H2,1-3H3. The third-order valence-corrected chi connectivity index (χ3v) is 5.22. The summed E-state index contributed by atoms with van der Waals surface area (Å²) in [5, 5.41) is 8.75. The van der Waals surface area contributed by atoms with E-state index in [1.807, 2.05) is 13.8 Å². The fourth-order valence-electron chi connectivity index (χ4n) is 1.66. The van der Waals surface area contributed by atoms with Crippen LogP contribution < -0.4 is 0 Å². The Morgan fingerprint density at radius 1 is 1.38 bits per heavy atom. The summed E-state index contributed by atoms with van der Waals surface area (Å²) in [4.78, 5) is 0. The summed E-state index contributed by atoms with van der Waals surface area (Å²) in [7, 11) is -1.74. The van der Waals surface area contributed by atoms with Gasteiger partial charge in [-0.3, -0.25) is 0 Å². The average Bonchev–Trinajstić information content (AvgIpc) is 2.28. The van der Waals surface area contributed by atoms with Gasteiger partial charge in [0.05, 0.1) is 6.07 Å². The normalized spacial score (nSPS) is 20.2. The van der Waals surface area contributed by atoms with E-state index in [1.165, 1.54) is 8.61 Å². The number of hydrogen-bond donors (Lipinski definition) is 0. The first kappa shape index (κ1) is 13.4. The van der Waals surface area contributed by atoms with Gasteiger partial charge >= 0.3 is 0 Å². The monoisotopic (exact) mass is 245 g/mol. The molecule has 5 nitrogen and oxygen atoms in total. The zero-order valence-corrected chi connectivity index (χ0v) is 10.9. The Bertz CT molecular complexity index is 364. The lowest BCUT2D eigenvalue weighted by molar-refractivity contribution is 0.278. The van der Waals surface area contributed by atoms with Crippen molar-refractivity contribution in [2.45, 2.75) is 32.7 Å². The molecule has 0 aromatic heterocycles. The van der Waals surface area contributed by atoms with Crippen LogP contribution in [0.1, 0.15) is 26.7 Å². The molecule has 1 aliphatic rings. The molecule has 1 saturated heterocycles. The first-order chi connectivity index (χ1) is 7.39. The summed E-state index contributed by atoms with van der Waals surface area (Å²) >= 11 is 0. The van der Waals surface area contributed by atoms with Gasteiger partial charge in [0.1, 0.15) is 0 Å². The molecule has 92 valence electrons. The summed E-state index contributed by atoms with van der Waals surface area (Å²) in [6.45, 7) is 4.61. The van der Waals surface area contributed by atoms with Crippen molar-refractivity contribution in [1.82, 2.24) is 8.61 Å². The lowest BCUT2D eigenvalue weighted by Gasteiger charge is -2.33. The molecule has 0 radical (unpaired) electrons. The van der Waals surface area contributed by atoms with E-state index in [1.54, 1.807) is 7.05 Å². The summed E-state index contributed by atoms with van der Waals surface area (Å²) in [6.07, 6.45) is 1.28. The van der Waals surface area contributed by atoms with Crippen molar-refractivity contribution in [3.8, 4) is 6.07 Å². The van der Waals surface area contributed by atoms with Gasteiger partial charge in [-0.05, 0) is 26.7 Å². The zero-order chi connectivity index (χ0) is 12.3. The molecular formula is C10H19N3O2S. The van der Waals surface area contributed by atoms with E-state index in [4.69, 9.17) is 5.26 Å². The van der Waals surface area contributed by atoms with E-state index >= 15 is 0 Å². The van der Waals surface area contributed by atoms with Crippen molar-refractivity contribution in [1.29, 1.82) is 5.26 Å². The first-order valence-corrected chi connectivity index (χ1v) is 6.92. The Kier molecular flexibility index (Phi) is 4.30. The molecule has 0 bridgehead atoms. The maximum absolute atomic E-state index is 12.1. The maximum Gasteiger partial charge on any atom is 0.281 e. The molecule has 0 N–H and O–H groups in total. The van der Waals surface area contributed by atoms with E-state index < -0.39 is 10.2 Å². The summed E-state index contributed by atoms with van der Waals surface area (Å²) in [5.74, 6) is 0.0100. The molecular weight excluding hydrogens is 226 g/mol. The molecule has 1 heterocycles. The van der Waals surface area contributed by atoms with Gasteiger partial charge in [-0.1, -0.05) is 0 Å². The van der Waals surface area contributed by atoms with Gasteiger partial charge in [-0.15, -0.1) is 0 Å². The SMILES string of the molecule is CC(C)N(C)S(=O)(=O)N1CCC(C#N)CC1. The molecule has 0 saturated carbocycles. The quantitative estimate of drug-likeness (QED) is 0.739. The topological polar surface area (TPSA) is 64.4 Å². The van der Waals surface area contributed by atoms with Gasteiger partial charge in [0, 0.05) is 32.1 Å². The summed E-state index contributed by atoms with van der Waals surface area (Å²) in [5.41, 5.74) is 0. The molecule has 0 aliphatic carbocycles. The molecule has 1 rings (SSSR count). The fourth-order valence-corrected chi connectivity index (χ4v) is 3.23. The first-order valence-electron chi connectivity index (χ1n) is 5.52. The largest absolute Gasteiger partial charge is 0.281 e. The minimum absolute atomic E-state index is 0.0100. The average molecular weight is 245 g/mol. The van der Waals surface area contributed by atoms with Crippen molar-refractivity contribution in [2.24, 2.45) is 5.92 Å². The third-order valence-electron chi connectivity index (χ3n) is 3.05. The molecule has 0 unspecified atom stereocenters.